The van der Waals surface area contributed by atoms with Crippen LogP contribution in [0.3, 0.4) is 0 Å². The number of anilines is 1. The van der Waals surface area contributed by atoms with E-state index in [-0.39, 0.29) is 11.7 Å². The maximum Gasteiger partial charge on any atom is 0.255 e. The molecule has 0 radical (unpaired) electrons. The number of amides is 1. The van der Waals surface area contributed by atoms with Gasteiger partial charge in [0.1, 0.15) is 5.82 Å². The molecule has 2 aliphatic rings. The molecule has 0 spiro atoms. The van der Waals surface area contributed by atoms with E-state index in [4.69, 9.17) is 4.98 Å². The van der Waals surface area contributed by atoms with E-state index in [0.29, 0.717) is 49.8 Å². The van der Waals surface area contributed by atoms with Gasteiger partial charge in [-0.1, -0.05) is 0 Å². The van der Waals surface area contributed by atoms with E-state index in [1.807, 2.05) is 25.1 Å². The molecule has 0 bridgehead atoms. The number of pyridine rings is 1. The second-order valence-electron chi connectivity index (χ2n) is 7.31. The van der Waals surface area contributed by atoms with Crippen molar-refractivity contribution >= 4 is 21.7 Å². The van der Waals surface area contributed by atoms with Gasteiger partial charge in [-0.05, 0) is 43.7 Å². The Morgan fingerprint density at radius 1 is 1.31 bits per heavy atom. The fourth-order valence-electron chi connectivity index (χ4n) is 3.23. The average molecular weight is 381 g/mol. The number of rotatable bonds is 6. The summed E-state index contributed by atoms with van der Waals surface area (Å²) >= 11 is 0. The molecule has 0 unspecified atom stereocenters. The van der Waals surface area contributed by atoms with Crippen molar-refractivity contribution < 1.29 is 13.2 Å². The van der Waals surface area contributed by atoms with E-state index in [9.17, 15) is 13.2 Å². The zero-order chi connectivity index (χ0) is 18.9. The van der Waals surface area contributed by atoms with Gasteiger partial charge in [0.2, 0.25) is 10.0 Å². The minimum absolute atomic E-state index is 0.0989. The molecule has 8 heteroatoms. The molecule has 2 heterocycles. The van der Waals surface area contributed by atoms with Gasteiger partial charge in [-0.25, -0.2) is 17.7 Å². The third-order valence-electron chi connectivity index (χ3n) is 5.07. The molecule has 0 aromatic carbocycles. The van der Waals surface area contributed by atoms with E-state index in [1.54, 1.807) is 6.92 Å². The maximum atomic E-state index is 12.7. The lowest BCUT2D eigenvalue weighted by Gasteiger charge is -2.19. The minimum Gasteiger partial charge on any atom is -0.362 e. The molecule has 1 saturated carbocycles. The number of carbonyl (C=O) groups excluding carboxylic acids is 1. The summed E-state index contributed by atoms with van der Waals surface area (Å²) in [5.41, 5.74) is 2.43. The second-order valence-corrected chi connectivity index (χ2v) is 9.57. The molecule has 1 fully saturated rings. The topological polar surface area (TPSA) is 82.6 Å². The lowest BCUT2D eigenvalue weighted by molar-refractivity contribution is 0.0952. The standard InChI is InChI=1S/C18H28N4O3S/c1-4-26(24,25)22-9-7-14-11-15(18(23)19-12-13-5-6-13)17(21(2)3)20-16(14)8-10-22/h11,13H,4-10,12H2,1-3H3,(H,19,23). The lowest BCUT2D eigenvalue weighted by Crippen LogP contribution is -2.34. The highest BCUT2D eigenvalue weighted by atomic mass is 32.2. The fourth-order valence-corrected chi connectivity index (χ4v) is 4.33. The van der Waals surface area contributed by atoms with Crippen LogP contribution in [-0.2, 0) is 22.9 Å². The smallest absolute Gasteiger partial charge is 0.255 e. The van der Waals surface area contributed by atoms with Gasteiger partial charge in [0, 0.05) is 45.8 Å². The molecular weight excluding hydrogens is 352 g/mol. The SMILES string of the molecule is CCS(=O)(=O)N1CCc2cc(C(=O)NCC3CC3)c(N(C)C)nc2CC1. The zero-order valence-electron chi connectivity index (χ0n) is 15.8. The van der Waals surface area contributed by atoms with Crippen molar-refractivity contribution in [1.82, 2.24) is 14.6 Å². The Bertz CT molecular complexity index is 788. The molecule has 1 N–H and O–H groups in total. The lowest BCUT2D eigenvalue weighted by atomic mass is 10.0. The van der Waals surface area contributed by atoms with E-state index in [1.165, 1.54) is 17.1 Å². The Kier molecular flexibility index (Phi) is 5.53. The summed E-state index contributed by atoms with van der Waals surface area (Å²) in [6, 6.07) is 1.90. The summed E-state index contributed by atoms with van der Waals surface area (Å²) in [5, 5.41) is 3.01. The molecule has 1 aromatic rings. The third-order valence-corrected chi connectivity index (χ3v) is 6.96. The summed E-state index contributed by atoms with van der Waals surface area (Å²) in [7, 11) is 0.533. The molecule has 1 aromatic heterocycles. The van der Waals surface area contributed by atoms with Crippen molar-refractivity contribution in [3.8, 4) is 0 Å². The Morgan fingerprint density at radius 3 is 2.62 bits per heavy atom. The second kappa shape index (κ2) is 7.52. The maximum absolute atomic E-state index is 12.7. The number of fused-ring (bicyclic) bond motifs is 1. The van der Waals surface area contributed by atoms with Crippen LogP contribution in [0.4, 0.5) is 5.82 Å². The first kappa shape index (κ1) is 19.1. The van der Waals surface area contributed by atoms with E-state index in [2.05, 4.69) is 5.32 Å². The molecular formula is C18H28N4O3S. The molecule has 1 amide bonds. The van der Waals surface area contributed by atoms with Crippen molar-refractivity contribution in [2.24, 2.45) is 5.92 Å². The Labute approximate surface area is 155 Å². The minimum atomic E-state index is -3.21. The molecule has 1 aliphatic carbocycles. The number of nitrogens with zero attached hydrogens (tertiary/aromatic N) is 3. The van der Waals surface area contributed by atoms with Crippen LogP contribution >= 0.6 is 0 Å². The Hall–Kier alpha value is -1.67. The summed E-state index contributed by atoms with van der Waals surface area (Å²) in [6.45, 7) is 3.26. The predicted octanol–water partition coefficient (Wildman–Crippen LogP) is 1.04. The van der Waals surface area contributed by atoms with E-state index in [0.717, 1.165) is 11.3 Å². The van der Waals surface area contributed by atoms with Gasteiger partial charge >= 0.3 is 0 Å². The molecule has 0 saturated heterocycles. The number of sulfonamides is 1. The van der Waals surface area contributed by atoms with Gasteiger partial charge in [0.15, 0.2) is 0 Å². The highest BCUT2D eigenvalue weighted by Crippen LogP contribution is 2.28. The number of nitrogens with one attached hydrogen (secondary N) is 1. The fraction of sp³-hybridized carbons (Fsp3) is 0.667. The Balaban J connectivity index is 1.86. The first-order chi connectivity index (χ1) is 12.3. The third kappa shape index (κ3) is 4.17. The molecule has 26 heavy (non-hydrogen) atoms. The van der Waals surface area contributed by atoms with Crippen molar-refractivity contribution in [3.05, 3.63) is 22.9 Å². The number of carbonyl (C=O) groups is 1. The van der Waals surface area contributed by atoms with Gasteiger partial charge in [0.05, 0.1) is 11.3 Å². The number of hydrogen-bond donors (Lipinski definition) is 1. The first-order valence-electron chi connectivity index (χ1n) is 9.28. The normalized spacial score (nSPS) is 18.1. The van der Waals surface area contributed by atoms with Crippen molar-refractivity contribution in [3.63, 3.8) is 0 Å². The van der Waals surface area contributed by atoms with Crippen molar-refractivity contribution in [1.29, 1.82) is 0 Å². The molecule has 7 nitrogen and oxygen atoms in total. The van der Waals surface area contributed by atoms with Crippen LogP contribution in [0.1, 0.15) is 41.4 Å². The van der Waals surface area contributed by atoms with Crippen LogP contribution < -0.4 is 10.2 Å². The van der Waals surface area contributed by atoms with Gasteiger partial charge in [0.25, 0.3) is 5.91 Å². The molecule has 3 rings (SSSR count). The van der Waals surface area contributed by atoms with Crippen LogP contribution in [0.2, 0.25) is 0 Å². The summed E-state index contributed by atoms with van der Waals surface area (Å²) in [6.07, 6.45) is 3.52. The predicted molar refractivity (Wildman–Crippen MR) is 102 cm³/mol. The van der Waals surface area contributed by atoms with Crippen molar-refractivity contribution in [2.45, 2.75) is 32.6 Å². The summed E-state index contributed by atoms with van der Waals surface area (Å²) < 4.78 is 25.9. The Morgan fingerprint density at radius 2 is 2.00 bits per heavy atom. The monoisotopic (exact) mass is 380 g/mol. The van der Waals surface area contributed by atoms with E-state index < -0.39 is 10.0 Å². The van der Waals surface area contributed by atoms with Crippen LogP contribution in [0.15, 0.2) is 6.07 Å². The number of hydrogen-bond acceptors (Lipinski definition) is 5. The van der Waals surface area contributed by atoms with Crippen LogP contribution in [0.5, 0.6) is 0 Å². The molecule has 0 atom stereocenters. The molecule has 1 aliphatic heterocycles. The highest BCUT2D eigenvalue weighted by molar-refractivity contribution is 7.89. The molecule has 144 valence electrons. The van der Waals surface area contributed by atoms with E-state index >= 15 is 0 Å². The average Bonchev–Trinajstić information content (AvgIpc) is 3.44. The van der Waals surface area contributed by atoms with Gasteiger partial charge in [-0.3, -0.25) is 4.79 Å². The number of aromatic nitrogens is 1. The van der Waals surface area contributed by atoms with Gasteiger partial charge in [-0.2, -0.15) is 0 Å². The van der Waals surface area contributed by atoms with Crippen LogP contribution in [-0.4, -0.2) is 63.1 Å². The zero-order valence-corrected chi connectivity index (χ0v) is 16.6. The highest BCUT2D eigenvalue weighted by Gasteiger charge is 2.27. The summed E-state index contributed by atoms with van der Waals surface area (Å²) in [5.74, 6) is 1.26. The van der Waals surface area contributed by atoms with Crippen molar-refractivity contribution in [2.75, 3.05) is 44.4 Å². The van der Waals surface area contributed by atoms with Crippen LogP contribution in [0, 0.1) is 5.92 Å². The summed E-state index contributed by atoms with van der Waals surface area (Å²) in [4.78, 5) is 19.2. The quantitative estimate of drug-likeness (QED) is 0.797. The van der Waals surface area contributed by atoms with Gasteiger partial charge < -0.3 is 10.2 Å². The van der Waals surface area contributed by atoms with Crippen LogP contribution in [0.25, 0.3) is 0 Å². The first-order valence-corrected chi connectivity index (χ1v) is 10.9. The van der Waals surface area contributed by atoms with Gasteiger partial charge in [-0.15, -0.1) is 0 Å². The largest absolute Gasteiger partial charge is 0.362 e.